The largest absolute Gasteiger partial charge is 0.364 e. The van der Waals surface area contributed by atoms with Gasteiger partial charge >= 0.3 is 0 Å². The van der Waals surface area contributed by atoms with E-state index < -0.39 is 10.0 Å². The molecule has 24 heavy (non-hydrogen) atoms. The zero-order chi connectivity index (χ0) is 16.9. The Balaban J connectivity index is 0.00000288. The van der Waals surface area contributed by atoms with E-state index in [-0.39, 0.29) is 28.9 Å². The number of primary sulfonamides is 1. The summed E-state index contributed by atoms with van der Waals surface area (Å²) in [5.74, 6) is 0.647. The van der Waals surface area contributed by atoms with Crippen molar-refractivity contribution in [3.05, 3.63) is 47.9 Å². The van der Waals surface area contributed by atoms with E-state index in [1.54, 1.807) is 19.2 Å². The van der Waals surface area contributed by atoms with Crippen LogP contribution in [0, 0.1) is 0 Å². The maximum atomic E-state index is 11.4. The maximum absolute atomic E-state index is 11.4. The van der Waals surface area contributed by atoms with E-state index >= 15 is 0 Å². The summed E-state index contributed by atoms with van der Waals surface area (Å²) in [5.41, 5.74) is 1.57. The number of rotatable bonds is 5. The normalized spacial score (nSPS) is 11.7. The number of hydrogen-bond acceptors (Lipinski definition) is 5. The highest BCUT2D eigenvalue weighted by Crippen LogP contribution is 2.09. The second-order valence-corrected chi connectivity index (χ2v) is 6.50. The quantitative estimate of drug-likeness (QED) is 0.389. The summed E-state index contributed by atoms with van der Waals surface area (Å²) >= 11 is 0. The van der Waals surface area contributed by atoms with Gasteiger partial charge in [0.25, 0.3) is 0 Å². The number of hydrogen-bond donors (Lipinski definition) is 2. The molecule has 0 radical (unpaired) electrons. The van der Waals surface area contributed by atoms with Gasteiger partial charge in [0.05, 0.1) is 11.4 Å². The third-order valence-electron chi connectivity index (χ3n) is 3.14. The highest BCUT2D eigenvalue weighted by molar-refractivity contribution is 14.0. The molecule has 2 aromatic rings. The number of nitrogens with one attached hydrogen (secondary N) is 1. The van der Waals surface area contributed by atoms with Crippen molar-refractivity contribution in [3.8, 4) is 0 Å². The number of guanidine groups is 1. The summed E-state index contributed by atoms with van der Waals surface area (Å²) in [5, 5.41) is 12.1. The molecule has 0 bridgehead atoms. The number of benzene rings is 1. The summed E-state index contributed by atoms with van der Waals surface area (Å²) in [6.45, 7) is 0.951. The third kappa shape index (κ3) is 5.76. The van der Waals surface area contributed by atoms with Gasteiger partial charge < -0.3 is 14.7 Å². The van der Waals surface area contributed by atoms with Crippen molar-refractivity contribution in [2.24, 2.45) is 10.1 Å². The van der Waals surface area contributed by atoms with Gasteiger partial charge in [0.2, 0.25) is 10.0 Å². The smallest absolute Gasteiger partial charge is 0.238 e. The Hall–Kier alpha value is -1.66. The molecule has 8 nitrogen and oxygen atoms in total. The topological polar surface area (TPSA) is 114 Å². The number of halogens is 1. The number of aliphatic imine (C=N–C) groups is 1. The molecule has 0 atom stereocenters. The minimum absolute atomic E-state index is 0. The molecule has 0 saturated carbocycles. The minimum Gasteiger partial charge on any atom is -0.364 e. The zero-order valence-corrected chi connectivity index (χ0v) is 16.5. The first-order chi connectivity index (χ1) is 10.9. The molecule has 0 spiro atoms. The first-order valence-electron chi connectivity index (χ1n) is 6.83. The Bertz CT molecular complexity index is 777. The van der Waals surface area contributed by atoms with Crippen LogP contribution in [-0.2, 0) is 23.1 Å². The summed E-state index contributed by atoms with van der Waals surface area (Å²) in [7, 11) is -0.172. The SMILES string of the molecule is CN=C(NCc1cccc(S(N)(=O)=O)c1)N(C)Cc1ccon1.I. The molecule has 0 aliphatic carbocycles. The van der Waals surface area contributed by atoms with Gasteiger partial charge in [0, 0.05) is 26.7 Å². The predicted octanol–water partition coefficient (Wildman–Crippen LogP) is 1.15. The van der Waals surface area contributed by atoms with E-state index in [2.05, 4.69) is 15.5 Å². The Morgan fingerprint density at radius 1 is 1.42 bits per heavy atom. The number of nitrogens with zero attached hydrogens (tertiary/aromatic N) is 3. The van der Waals surface area contributed by atoms with Gasteiger partial charge in [-0.05, 0) is 17.7 Å². The molecule has 10 heteroatoms. The Morgan fingerprint density at radius 2 is 2.17 bits per heavy atom. The first kappa shape index (κ1) is 20.4. The van der Waals surface area contributed by atoms with Crippen LogP contribution in [0.4, 0.5) is 0 Å². The van der Waals surface area contributed by atoms with E-state index in [9.17, 15) is 8.42 Å². The highest BCUT2D eigenvalue weighted by atomic mass is 127. The number of aromatic nitrogens is 1. The fraction of sp³-hybridized carbons (Fsp3) is 0.286. The van der Waals surface area contributed by atoms with Crippen LogP contribution in [0.3, 0.4) is 0 Å². The second-order valence-electron chi connectivity index (χ2n) is 4.94. The second kappa shape index (κ2) is 8.99. The maximum Gasteiger partial charge on any atom is 0.238 e. The molecule has 1 heterocycles. The van der Waals surface area contributed by atoms with Crippen LogP contribution in [-0.4, -0.2) is 38.5 Å². The molecule has 3 N–H and O–H groups in total. The van der Waals surface area contributed by atoms with E-state index in [1.165, 1.54) is 18.4 Å². The van der Waals surface area contributed by atoms with Crippen molar-refractivity contribution in [1.82, 2.24) is 15.4 Å². The summed E-state index contributed by atoms with van der Waals surface area (Å²) < 4.78 is 27.5. The fourth-order valence-electron chi connectivity index (χ4n) is 2.04. The molecule has 0 fully saturated rings. The van der Waals surface area contributed by atoms with Crippen LogP contribution in [0.5, 0.6) is 0 Å². The van der Waals surface area contributed by atoms with Gasteiger partial charge in [-0.1, -0.05) is 17.3 Å². The highest BCUT2D eigenvalue weighted by Gasteiger charge is 2.10. The van der Waals surface area contributed by atoms with Crippen molar-refractivity contribution in [1.29, 1.82) is 0 Å². The lowest BCUT2D eigenvalue weighted by Gasteiger charge is -2.21. The predicted molar refractivity (Wildman–Crippen MR) is 101 cm³/mol. The van der Waals surface area contributed by atoms with Gasteiger partial charge in [-0.3, -0.25) is 4.99 Å². The molecule has 1 aromatic heterocycles. The molecule has 1 aromatic carbocycles. The summed E-state index contributed by atoms with van der Waals surface area (Å²) in [4.78, 5) is 6.15. The van der Waals surface area contributed by atoms with E-state index in [4.69, 9.17) is 9.66 Å². The monoisotopic (exact) mass is 465 g/mol. The van der Waals surface area contributed by atoms with E-state index in [1.807, 2.05) is 18.0 Å². The third-order valence-corrected chi connectivity index (χ3v) is 4.05. The molecular formula is C14H20IN5O3S. The van der Waals surface area contributed by atoms with Crippen molar-refractivity contribution >= 4 is 40.0 Å². The van der Waals surface area contributed by atoms with Crippen LogP contribution in [0.25, 0.3) is 0 Å². The molecule has 0 amide bonds. The van der Waals surface area contributed by atoms with Crippen LogP contribution < -0.4 is 10.5 Å². The minimum atomic E-state index is -3.71. The number of nitrogens with two attached hydrogens (primary N) is 1. The molecule has 0 aliphatic rings. The molecule has 0 aliphatic heterocycles. The average Bonchev–Trinajstić information content (AvgIpc) is 3.00. The van der Waals surface area contributed by atoms with Crippen LogP contribution in [0.2, 0.25) is 0 Å². The molecule has 0 saturated heterocycles. The van der Waals surface area contributed by atoms with Crippen LogP contribution >= 0.6 is 24.0 Å². The lowest BCUT2D eigenvalue weighted by Crippen LogP contribution is -2.38. The molecule has 2 rings (SSSR count). The lowest BCUT2D eigenvalue weighted by molar-refractivity contribution is 0.391. The summed E-state index contributed by atoms with van der Waals surface area (Å²) in [6.07, 6.45) is 1.51. The standard InChI is InChI=1S/C14H19N5O3S.HI/c1-16-14(19(2)10-12-6-7-22-18-12)17-9-11-4-3-5-13(8-11)23(15,20)21;/h3-8H,9-10H2,1-2H3,(H,16,17)(H2,15,20,21);1H. The molecule has 132 valence electrons. The Kier molecular flexibility index (Phi) is 7.63. The van der Waals surface area contributed by atoms with Crippen molar-refractivity contribution in [3.63, 3.8) is 0 Å². The fourth-order valence-corrected chi connectivity index (χ4v) is 2.62. The van der Waals surface area contributed by atoms with Gasteiger partial charge in [-0.25, -0.2) is 13.6 Å². The summed E-state index contributed by atoms with van der Waals surface area (Å²) in [6, 6.07) is 8.24. The Labute approximate surface area is 158 Å². The zero-order valence-electron chi connectivity index (χ0n) is 13.3. The van der Waals surface area contributed by atoms with E-state index in [0.717, 1.165) is 11.3 Å². The molecular weight excluding hydrogens is 445 g/mol. The lowest BCUT2D eigenvalue weighted by atomic mass is 10.2. The van der Waals surface area contributed by atoms with Gasteiger partial charge in [0.15, 0.2) is 5.96 Å². The van der Waals surface area contributed by atoms with Crippen LogP contribution in [0.1, 0.15) is 11.3 Å². The van der Waals surface area contributed by atoms with Gasteiger partial charge in [-0.15, -0.1) is 24.0 Å². The van der Waals surface area contributed by atoms with Crippen molar-refractivity contribution in [2.75, 3.05) is 14.1 Å². The molecule has 0 unspecified atom stereocenters. The van der Waals surface area contributed by atoms with E-state index in [0.29, 0.717) is 19.0 Å². The van der Waals surface area contributed by atoms with Crippen molar-refractivity contribution in [2.45, 2.75) is 18.0 Å². The number of sulfonamides is 1. The van der Waals surface area contributed by atoms with Gasteiger partial charge in [0.1, 0.15) is 12.0 Å². The Morgan fingerprint density at radius 3 is 2.75 bits per heavy atom. The first-order valence-corrected chi connectivity index (χ1v) is 8.37. The average molecular weight is 465 g/mol. The van der Waals surface area contributed by atoms with Crippen LogP contribution in [0.15, 0.2) is 51.0 Å². The van der Waals surface area contributed by atoms with Crippen molar-refractivity contribution < 1.29 is 12.9 Å². The van der Waals surface area contributed by atoms with Gasteiger partial charge in [-0.2, -0.15) is 0 Å².